The van der Waals surface area contributed by atoms with Gasteiger partial charge in [-0.15, -0.1) is 0 Å². The molecule has 1 aromatic heterocycles. The molecule has 0 atom stereocenters. The van der Waals surface area contributed by atoms with Crippen LogP contribution in [0.1, 0.15) is 5.56 Å². The lowest BCUT2D eigenvalue weighted by Gasteiger charge is -2.09. The number of allylic oxidation sites excluding steroid dienone is 3. The van der Waals surface area contributed by atoms with Crippen LogP contribution in [0.3, 0.4) is 0 Å². The van der Waals surface area contributed by atoms with Crippen molar-refractivity contribution in [3.63, 3.8) is 0 Å². The fraction of sp³-hybridized carbons (Fsp3) is 0. The molecule has 0 unspecified atom stereocenters. The van der Waals surface area contributed by atoms with Gasteiger partial charge in [0.1, 0.15) is 6.07 Å². The SMILES string of the molecule is C=C(/C=C(/C#N)C=N)c1ccc(-c2ccc3c(c2)c2cc(-c4ccccc4)ccc2n3-c2ccccc2)cc1. The van der Waals surface area contributed by atoms with Crippen molar-refractivity contribution in [2.75, 3.05) is 0 Å². The van der Waals surface area contributed by atoms with Gasteiger partial charge in [-0.25, -0.2) is 0 Å². The van der Waals surface area contributed by atoms with Gasteiger partial charge in [-0.05, 0) is 75.9 Å². The lowest BCUT2D eigenvalue weighted by molar-refractivity contribution is 1.18. The first-order valence-corrected chi connectivity index (χ1v) is 12.8. The van der Waals surface area contributed by atoms with Gasteiger partial charge in [0.05, 0.1) is 16.6 Å². The van der Waals surface area contributed by atoms with Crippen molar-refractivity contribution < 1.29 is 0 Å². The van der Waals surface area contributed by atoms with Crippen molar-refractivity contribution >= 4 is 33.6 Å². The van der Waals surface area contributed by atoms with E-state index in [2.05, 4.69) is 108 Å². The second kappa shape index (κ2) is 10.1. The summed E-state index contributed by atoms with van der Waals surface area (Å²) in [5, 5.41) is 18.9. The van der Waals surface area contributed by atoms with Gasteiger partial charge in [0.15, 0.2) is 0 Å². The summed E-state index contributed by atoms with van der Waals surface area (Å²) in [7, 11) is 0. The molecule has 0 bridgehead atoms. The number of nitrogens with one attached hydrogen (secondary N) is 1. The normalized spacial score (nSPS) is 11.4. The summed E-state index contributed by atoms with van der Waals surface area (Å²) in [6, 6.07) is 44.5. The molecule has 3 nitrogen and oxygen atoms in total. The van der Waals surface area contributed by atoms with Crippen molar-refractivity contribution in [1.29, 1.82) is 10.7 Å². The molecule has 184 valence electrons. The first kappa shape index (κ1) is 23.9. The van der Waals surface area contributed by atoms with Gasteiger partial charge in [-0.1, -0.05) is 91.5 Å². The van der Waals surface area contributed by atoms with E-state index in [0.29, 0.717) is 5.57 Å². The third-order valence-corrected chi connectivity index (χ3v) is 7.09. The summed E-state index contributed by atoms with van der Waals surface area (Å²) >= 11 is 0. The van der Waals surface area contributed by atoms with E-state index < -0.39 is 0 Å². The Balaban J connectivity index is 1.49. The van der Waals surface area contributed by atoms with Crippen molar-refractivity contribution in [1.82, 2.24) is 4.57 Å². The topological polar surface area (TPSA) is 52.6 Å². The molecule has 0 amide bonds. The molecule has 0 aliphatic heterocycles. The van der Waals surface area contributed by atoms with Gasteiger partial charge < -0.3 is 9.98 Å². The summed E-state index contributed by atoms with van der Waals surface area (Å²) in [5.41, 5.74) is 9.99. The Bertz CT molecular complexity index is 1920. The van der Waals surface area contributed by atoms with Crippen LogP contribution in [0, 0.1) is 16.7 Å². The van der Waals surface area contributed by atoms with Crippen LogP contribution < -0.4 is 0 Å². The van der Waals surface area contributed by atoms with E-state index in [0.717, 1.165) is 34.1 Å². The minimum absolute atomic E-state index is 0.277. The van der Waals surface area contributed by atoms with E-state index in [9.17, 15) is 0 Å². The number of hydrogen-bond acceptors (Lipinski definition) is 2. The maximum atomic E-state index is 9.12. The molecule has 6 aromatic rings. The zero-order valence-corrected chi connectivity index (χ0v) is 21.3. The highest BCUT2D eigenvalue weighted by Crippen LogP contribution is 2.37. The second-order valence-electron chi connectivity index (χ2n) is 9.46. The predicted molar refractivity (Wildman–Crippen MR) is 163 cm³/mol. The molecule has 1 heterocycles. The van der Waals surface area contributed by atoms with E-state index in [1.807, 2.05) is 30.3 Å². The smallest absolute Gasteiger partial charge is 0.101 e. The molecule has 0 saturated heterocycles. The fourth-order valence-corrected chi connectivity index (χ4v) is 5.12. The molecule has 0 aliphatic rings. The van der Waals surface area contributed by atoms with E-state index in [-0.39, 0.29) is 5.57 Å². The third-order valence-electron chi connectivity index (χ3n) is 7.09. The van der Waals surface area contributed by atoms with Crippen LogP contribution in [0.15, 0.2) is 140 Å². The summed E-state index contributed by atoms with van der Waals surface area (Å²) < 4.78 is 2.33. The monoisotopic (exact) mass is 499 g/mol. The minimum Gasteiger partial charge on any atom is -0.309 e. The molecule has 0 saturated carbocycles. The molecule has 6 rings (SSSR count). The number of benzene rings is 5. The van der Waals surface area contributed by atoms with Crippen molar-refractivity contribution in [3.8, 4) is 34.0 Å². The number of nitriles is 1. The average molecular weight is 500 g/mol. The first-order chi connectivity index (χ1) is 19.2. The van der Waals surface area contributed by atoms with E-state index in [1.54, 1.807) is 6.08 Å². The van der Waals surface area contributed by atoms with Gasteiger partial charge in [-0.3, -0.25) is 0 Å². The van der Waals surface area contributed by atoms with Gasteiger partial charge in [0.2, 0.25) is 0 Å². The molecule has 0 radical (unpaired) electrons. The van der Waals surface area contributed by atoms with Gasteiger partial charge >= 0.3 is 0 Å². The molecule has 0 fully saturated rings. The Morgan fingerprint density at radius 2 is 1.18 bits per heavy atom. The number of aromatic nitrogens is 1. The quantitative estimate of drug-likeness (QED) is 0.139. The second-order valence-corrected chi connectivity index (χ2v) is 9.46. The van der Waals surface area contributed by atoms with Crippen molar-refractivity contribution in [3.05, 3.63) is 145 Å². The number of hydrogen-bond donors (Lipinski definition) is 1. The maximum absolute atomic E-state index is 9.12. The van der Waals surface area contributed by atoms with Crippen LogP contribution in [0.4, 0.5) is 0 Å². The zero-order chi connectivity index (χ0) is 26.8. The Morgan fingerprint density at radius 1 is 0.667 bits per heavy atom. The van der Waals surface area contributed by atoms with Gasteiger partial charge in [0, 0.05) is 22.7 Å². The molecular formula is C36H25N3. The number of nitrogens with zero attached hydrogens (tertiary/aromatic N) is 2. The van der Waals surface area contributed by atoms with Gasteiger partial charge in [0.25, 0.3) is 0 Å². The van der Waals surface area contributed by atoms with Crippen LogP contribution in [-0.4, -0.2) is 10.8 Å². The Kier molecular flexibility index (Phi) is 6.21. The summed E-state index contributed by atoms with van der Waals surface area (Å²) in [5.74, 6) is 0. The van der Waals surface area contributed by atoms with Crippen molar-refractivity contribution in [2.45, 2.75) is 0 Å². The molecular weight excluding hydrogens is 474 g/mol. The van der Waals surface area contributed by atoms with Crippen LogP contribution in [-0.2, 0) is 0 Å². The highest BCUT2D eigenvalue weighted by molar-refractivity contribution is 6.11. The third kappa shape index (κ3) is 4.45. The largest absolute Gasteiger partial charge is 0.309 e. The maximum Gasteiger partial charge on any atom is 0.101 e. The molecule has 5 aromatic carbocycles. The van der Waals surface area contributed by atoms with Crippen LogP contribution in [0.2, 0.25) is 0 Å². The predicted octanol–water partition coefficient (Wildman–Crippen LogP) is 9.23. The van der Waals surface area contributed by atoms with E-state index >= 15 is 0 Å². The summed E-state index contributed by atoms with van der Waals surface area (Å²) in [4.78, 5) is 0. The highest BCUT2D eigenvalue weighted by Gasteiger charge is 2.14. The van der Waals surface area contributed by atoms with Crippen molar-refractivity contribution in [2.24, 2.45) is 0 Å². The van der Waals surface area contributed by atoms with E-state index in [4.69, 9.17) is 10.7 Å². The first-order valence-electron chi connectivity index (χ1n) is 12.8. The van der Waals surface area contributed by atoms with Crippen LogP contribution >= 0.6 is 0 Å². The molecule has 0 spiro atoms. The lowest BCUT2D eigenvalue weighted by atomic mass is 9.98. The Labute approximate surface area is 227 Å². The van der Waals surface area contributed by atoms with E-state index in [1.165, 1.54) is 27.4 Å². The molecule has 0 aliphatic carbocycles. The number of fused-ring (bicyclic) bond motifs is 3. The number of para-hydroxylation sites is 1. The van der Waals surface area contributed by atoms with Crippen LogP contribution in [0.5, 0.6) is 0 Å². The summed E-state index contributed by atoms with van der Waals surface area (Å²) in [6.45, 7) is 4.07. The van der Waals surface area contributed by atoms with Crippen LogP contribution in [0.25, 0.3) is 55.3 Å². The highest BCUT2D eigenvalue weighted by atomic mass is 15.0. The standard InChI is InChI=1S/C36H25N3/c1-25(20-26(23-37)24-38)27-12-14-29(15-13-27)31-17-19-36-34(22-31)33-21-30(28-8-4-2-5-9-28)16-18-35(33)39(36)32-10-6-3-7-11-32/h2-23,37H,1H2/b26-20+,37-23?. The fourth-order valence-electron chi connectivity index (χ4n) is 5.12. The minimum atomic E-state index is 0.277. The average Bonchev–Trinajstić information content (AvgIpc) is 3.33. The van der Waals surface area contributed by atoms with Gasteiger partial charge in [-0.2, -0.15) is 5.26 Å². The molecule has 1 N–H and O–H groups in total. The molecule has 39 heavy (non-hydrogen) atoms. The molecule has 3 heteroatoms. The zero-order valence-electron chi connectivity index (χ0n) is 21.3. The Hall–Kier alpha value is -5.46. The number of rotatable bonds is 6. The lowest BCUT2D eigenvalue weighted by Crippen LogP contribution is -1.93. The summed E-state index contributed by atoms with van der Waals surface area (Å²) in [6.07, 6.45) is 2.68. The Morgan fingerprint density at radius 3 is 1.72 bits per heavy atom.